The van der Waals surface area contributed by atoms with E-state index in [9.17, 15) is 4.39 Å². The van der Waals surface area contributed by atoms with Gasteiger partial charge in [0.05, 0.1) is 10.7 Å². The number of nitrogens with one attached hydrogen (secondary N) is 1. The quantitative estimate of drug-likeness (QED) is 0.918. The molecule has 108 valence electrons. The lowest BCUT2D eigenvalue weighted by molar-refractivity contribution is 0.557. The second-order valence-electron chi connectivity index (χ2n) is 5.98. The van der Waals surface area contributed by atoms with Crippen molar-refractivity contribution in [3.8, 4) is 0 Å². The molecule has 0 fully saturated rings. The second kappa shape index (κ2) is 6.02. The Kier molecular flexibility index (Phi) is 4.55. The fraction of sp³-hybridized carbons (Fsp3) is 0.438. The average Bonchev–Trinajstić information content (AvgIpc) is 2.84. The number of hydrogen-bond donors (Lipinski definition) is 1. The smallest absolute Gasteiger partial charge is 0.123 e. The van der Waals surface area contributed by atoms with Crippen molar-refractivity contribution in [2.24, 2.45) is 0 Å². The zero-order chi connectivity index (χ0) is 14.8. The molecule has 4 heteroatoms. The molecular formula is C16H21FN2S. The molecule has 1 unspecified atom stereocenters. The molecule has 0 radical (unpaired) electrons. The van der Waals surface area contributed by atoms with Crippen molar-refractivity contribution >= 4 is 11.3 Å². The number of benzene rings is 1. The van der Waals surface area contributed by atoms with Gasteiger partial charge in [-0.2, -0.15) is 0 Å². The third-order valence-corrected chi connectivity index (χ3v) is 4.17. The zero-order valence-corrected chi connectivity index (χ0v) is 13.2. The van der Waals surface area contributed by atoms with Gasteiger partial charge in [-0.15, -0.1) is 11.3 Å². The summed E-state index contributed by atoms with van der Waals surface area (Å²) in [5, 5.41) is 6.44. The van der Waals surface area contributed by atoms with Gasteiger partial charge in [0.15, 0.2) is 0 Å². The minimum absolute atomic E-state index is 0.0722. The fourth-order valence-electron chi connectivity index (χ4n) is 2.03. The van der Waals surface area contributed by atoms with Crippen LogP contribution in [0.2, 0.25) is 0 Å². The fourth-order valence-corrected chi connectivity index (χ4v) is 3.10. The second-order valence-corrected chi connectivity index (χ2v) is 6.92. The molecule has 1 aromatic heterocycles. The van der Waals surface area contributed by atoms with E-state index in [0.29, 0.717) is 0 Å². The van der Waals surface area contributed by atoms with E-state index in [-0.39, 0.29) is 17.3 Å². The average molecular weight is 292 g/mol. The molecule has 2 aromatic rings. The molecule has 0 saturated carbocycles. The summed E-state index contributed by atoms with van der Waals surface area (Å²) in [4.78, 5) is 4.70. The third-order valence-electron chi connectivity index (χ3n) is 3.30. The van der Waals surface area contributed by atoms with Crippen LogP contribution in [0.4, 0.5) is 4.39 Å². The first-order valence-electron chi connectivity index (χ1n) is 6.78. The number of likely N-dealkylation sites (N-methyl/N-ethyl adjacent to an activating group) is 1. The highest BCUT2D eigenvalue weighted by Gasteiger charge is 2.19. The summed E-state index contributed by atoms with van der Waals surface area (Å²) in [6.45, 7) is 6.48. The van der Waals surface area contributed by atoms with Crippen molar-refractivity contribution < 1.29 is 4.39 Å². The molecule has 0 aliphatic rings. The van der Waals surface area contributed by atoms with Crippen LogP contribution < -0.4 is 5.32 Å². The third kappa shape index (κ3) is 3.64. The lowest BCUT2D eigenvalue weighted by atomic mass is 9.93. The minimum atomic E-state index is -0.197. The topological polar surface area (TPSA) is 24.9 Å². The van der Waals surface area contributed by atoms with E-state index in [0.717, 1.165) is 22.7 Å². The highest BCUT2D eigenvalue weighted by Crippen LogP contribution is 2.26. The van der Waals surface area contributed by atoms with Crippen LogP contribution in [0.3, 0.4) is 0 Å². The Morgan fingerprint density at radius 3 is 2.65 bits per heavy atom. The van der Waals surface area contributed by atoms with Gasteiger partial charge in [-0.25, -0.2) is 9.37 Å². The molecular weight excluding hydrogens is 271 g/mol. The molecule has 1 heterocycles. The first-order valence-corrected chi connectivity index (χ1v) is 7.65. The van der Waals surface area contributed by atoms with Gasteiger partial charge in [0.2, 0.25) is 0 Å². The molecule has 1 atom stereocenters. The van der Waals surface area contributed by atoms with Crippen molar-refractivity contribution in [1.29, 1.82) is 0 Å². The summed E-state index contributed by atoms with van der Waals surface area (Å²) in [5.74, 6) is -0.197. The number of halogens is 1. The predicted molar refractivity (Wildman–Crippen MR) is 82.7 cm³/mol. The monoisotopic (exact) mass is 292 g/mol. The Morgan fingerprint density at radius 2 is 2.10 bits per heavy atom. The van der Waals surface area contributed by atoms with E-state index >= 15 is 0 Å². The Labute approximate surface area is 124 Å². The van der Waals surface area contributed by atoms with Gasteiger partial charge in [0.25, 0.3) is 0 Å². The Morgan fingerprint density at radius 1 is 1.35 bits per heavy atom. The molecule has 0 bridgehead atoms. The van der Waals surface area contributed by atoms with Crippen LogP contribution in [0.25, 0.3) is 0 Å². The van der Waals surface area contributed by atoms with E-state index in [1.165, 1.54) is 6.07 Å². The standard InChI is InChI=1S/C16H21FN2S/c1-16(2,3)14-10-20-15(19-14)9-13(18-4)11-6-5-7-12(17)8-11/h5-8,10,13,18H,9H2,1-4H3. The largest absolute Gasteiger partial charge is 0.313 e. The van der Waals surface area contributed by atoms with Crippen molar-refractivity contribution in [1.82, 2.24) is 10.3 Å². The molecule has 0 aliphatic carbocycles. The Bertz CT molecular complexity index is 572. The van der Waals surface area contributed by atoms with Gasteiger partial charge in [-0.1, -0.05) is 32.9 Å². The Balaban J connectivity index is 2.16. The number of thiazole rings is 1. The summed E-state index contributed by atoms with van der Waals surface area (Å²) >= 11 is 1.67. The molecule has 1 aromatic carbocycles. The highest BCUT2D eigenvalue weighted by molar-refractivity contribution is 7.09. The summed E-state index contributed by atoms with van der Waals surface area (Å²) in [6, 6.07) is 6.83. The van der Waals surface area contributed by atoms with Crippen LogP contribution in [-0.4, -0.2) is 12.0 Å². The van der Waals surface area contributed by atoms with Gasteiger partial charge in [0.1, 0.15) is 5.82 Å². The van der Waals surface area contributed by atoms with Gasteiger partial charge in [-0.05, 0) is 24.7 Å². The summed E-state index contributed by atoms with van der Waals surface area (Å²) < 4.78 is 13.3. The van der Waals surface area contributed by atoms with Crippen molar-refractivity contribution in [2.75, 3.05) is 7.05 Å². The number of rotatable bonds is 4. The van der Waals surface area contributed by atoms with Crippen molar-refractivity contribution in [2.45, 2.75) is 38.6 Å². The number of nitrogens with zero attached hydrogens (tertiary/aromatic N) is 1. The van der Waals surface area contributed by atoms with E-state index in [1.54, 1.807) is 23.5 Å². The maximum Gasteiger partial charge on any atom is 0.123 e. The summed E-state index contributed by atoms with van der Waals surface area (Å²) in [5.41, 5.74) is 2.15. The summed E-state index contributed by atoms with van der Waals surface area (Å²) in [7, 11) is 1.90. The van der Waals surface area contributed by atoms with E-state index in [4.69, 9.17) is 4.98 Å². The molecule has 0 amide bonds. The number of hydrogen-bond acceptors (Lipinski definition) is 3. The Hall–Kier alpha value is -1.26. The molecule has 2 nitrogen and oxygen atoms in total. The van der Waals surface area contributed by atoms with Crippen molar-refractivity contribution in [3.05, 3.63) is 51.7 Å². The molecule has 20 heavy (non-hydrogen) atoms. The lowest BCUT2D eigenvalue weighted by Crippen LogP contribution is -2.19. The minimum Gasteiger partial charge on any atom is -0.313 e. The van der Waals surface area contributed by atoms with Gasteiger partial charge >= 0.3 is 0 Å². The van der Waals surface area contributed by atoms with Crippen LogP contribution in [0, 0.1) is 5.82 Å². The maximum absolute atomic E-state index is 13.3. The number of aromatic nitrogens is 1. The van der Waals surface area contributed by atoms with Crippen LogP contribution in [0.1, 0.15) is 43.1 Å². The summed E-state index contributed by atoms with van der Waals surface area (Å²) in [6.07, 6.45) is 0.778. The zero-order valence-electron chi connectivity index (χ0n) is 12.4. The van der Waals surface area contributed by atoms with E-state index < -0.39 is 0 Å². The maximum atomic E-state index is 13.3. The van der Waals surface area contributed by atoms with Crippen LogP contribution >= 0.6 is 11.3 Å². The molecule has 0 saturated heterocycles. The normalized spacial score (nSPS) is 13.4. The van der Waals surface area contributed by atoms with E-state index in [1.807, 2.05) is 13.1 Å². The van der Waals surface area contributed by atoms with Crippen LogP contribution in [-0.2, 0) is 11.8 Å². The van der Waals surface area contributed by atoms with Crippen LogP contribution in [0.15, 0.2) is 29.6 Å². The van der Waals surface area contributed by atoms with Crippen molar-refractivity contribution in [3.63, 3.8) is 0 Å². The molecule has 0 spiro atoms. The van der Waals surface area contributed by atoms with Gasteiger partial charge in [0, 0.05) is 23.3 Å². The molecule has 0 aliphatic heterocycles. The first-order chi connectivity index (χ1) is 9.40. The SMILES string of the molecule is CNC(Cc1nc(C(C)(C)C)cs1)c1cccc(F)c1. The lowest BCUT2D eigenvalue weighted by Gasteiger charge is -2.16. The van der Waals surface area contributed by atoms with Gasteiger partial charge < -0.3 is 5.32 Å². The highest BCUT2D eigenvalue weighted by atomic mass is 32.1. The van der Waals surface area contributed by atoms with E-state index in [2.05, 4.69) is 31.5 Å². The molecule has 1 N–H and O–H groups in total. The van der Waals surface area contributed by atoms with Crippen LogP contribution in [0.5, 0.6) is 0 Å². The molecule has 2 rings (SSSR count). The predicted octanol–water partition coefficient (Wildman–Crippen LogP) is 4.08. The van der Waals surface area contributed by atoms with Gasteiger partial charge in [-0.3, -0.25) is 0 Å². The first kappa shape index (κ1) is 15.1.